The second-order valence-corrected chi connectivity index (χ2v) is 8.65. The maximum Gasteiger partial charge on any atom is 0.0595 e. The summed E-state index contributed by atoms with van der Waals surface area (Å²) < 4.78 is 0. The molecule has 2 fully saturated rings. The van der Waals surface area contributed by atoms with E-state index in [1.807, 2.05) is 12.3 Å². The van der Waals surface area contributed by atoms with E-state index in [1.165, 1.54) is 22.8 Å². The fourth-order valence-electron chi connectivity index (χ4n) is 5.04. The van der Waals surface area contributed by atoms with Crippen molar-refractivity contribution < 1.29 is 30.3 Å². The maximum absolute atomic E-state index is 9.59. The van der Waals surface area contributed by atoms with Crippen LogP contribution in [-0.4, -0.2) is 27.4 Å². The summed E-state index contributed by atoms with van der Waals surface area (Å²) in [4.78, 5) is 4.53. The van der Waals surface area contributed by atoms with Gasteiger partial charge >= 0.3 is 0 Å². The molecule has 4 atom stereocenters. The molecule has 1 heterocycles. The van der Waals surface area contributed by atoms with Crippen LogP contribution in [0.5, 0.6) is 0 Å². The zero-order chi connectivity index (χ0) is 20.4. The molecule has 1 radical (unpaired) electrons. The predicted octanol–water partition coefficient (Wildman–Crippen LogP) is 5.23. The van der Waals surface area contributed by atoms with E-state index in [0.29, 0.717) is 5.92 Å². The molecule has 0 saturated heterocycles. The van der Waals surface area contributed by atoms with Gasteiger partial charge in [0.05, 0.1) is 12.2 Å². The van der Waals surface area contributed by atoms with E-state index in [4.69, 9.17) is 0 Å². The summed E-state index contributed by atoms with van der Waals surface area (Å²) >= 11 is 0. The van der Waals surface area contributed by atoms with Gasteiger partial charge in [-0.05, 0) is 48.1 Å². The molecule has 1 aromatic heterocycles. The summed E-state index contributed by atoms with van der Waals surface area (Å²) in [6, 6.07) is 18.0. The van der Waals surface area contributed by atoms with E-state index in [-0.39, 0.29) is 38.2 Å². The van der Waals surface area contributed by atoms with Crippen LogP contribution in [0.25, 0.3) is 22.0 Å². The van der Waals surface area contributed by atoms with Crippen molar-refractivity contribution in [2.24, 2.45) is 11.8 Å². The SMILES string of the molecule is Cc1[c-]c(-c2cc3ccccc3cn2)cc(C)c1.OC1CCCC2CCC(O)C12.[Ir]. The van der Waals surface area contributed by atoms with Gasteiger partial charge in [-0.1, -0.05) is 50.6 Å². The predicted molar refractivity (Wildman–Crippen MR) is 118 cm³/mol. The molecule has 0 spiro atoms. The Labute approximate surface area is 192 Å². The minimum Gasteiger partial charge on any atom is -0.393 e. The Morgan fingerprint density at radius 2 is 1.63 bits per heavy atom. The van der Waals surface area contributed by atoms with Crippen LogP contribution in [-0.2, 0) is 20.1 Å². The molecule has 3 aromatic rings. The maximum atomic E-state index is 9.59. The fourth-order valence-corrected chi connectivity index (χ4v) is 5.04. The van der Waals surface area contributed by atoms with Crippen molar-refractivity contribution in [3.63, 3.8) is 0 Å². The molecule has 3 nitrogen and oxygen atoms in total. The third kappa shape index (κ3) is 5.18. The molecule has 2 N–H and O–H groups in total. The van der Waals surface area contributed by atoms with Gasteiger partial charge < -0.3 is 15.2 Å². The average Bonchev–Trinajstić information content (AvgIpc) is 3.10. The minimum absolute atomic E-state index is 0. The Morgan fingerprint density at radius 3 is 2.37 bits per heavy atom. The third-order valence-corrected chi connectivity index (χ3v) is 6.40. The molecule has 30 heavy (non-hydrogen) atoms. The summed E-state index contributed by atoms with van der Waals surface area (Å²) in [6.07, 6.45) is 6.80. The van der Waals surface area contributed by atoms with Gasteiger partial charge in [-0.25, -0.2) is 0 Å². The van der Waals surface area contributed by atoms with Crippen LogP contribution in [0.2, 0.25) is 0 Å². The van der Waals surface area contributed by atoms with Gasteiger partial charge in [0.15, 0.2) is 0 Å². The van der Waals surface area contributed by atoms with Gasteiger partial charge in [-0.15, -0.1) is 34.9 Å². The summed E-state index contributed by atoms with van der Waals surface area (Å²) in [5, 5.41) is 21.5. The third-order valence-electron chi connectivity index (χ3n) is 6.40. The van der Waals surface area contributed by atoms with Crippen molar-refractivity contribution in [1.29, 1.82) is 0 Å². The van der Waals surface area contributed by atoms with Crippen LogP contribution in [0.1, 0.15) is 43.2 Å². The van der Waals surface area contributed by atoms with Crippen molar-refractivity contribution in [2.75, 3.05) is 0 Å². The summed E-state index contributed by atoms with van der Waals surface area (Å²) in [7, 11) is 0. The zero-order valence-electron chi connectivity index (χ0n) is 17.6. The Bertz CT molecular complexity index is 967. The Hall–Kier alpha value is -1.58. The van der Waals surface area contributed by atoms with Crippen LogP contribution in [0, 0.1) is 31.7 Å². The van der Waals surface area contributed by atoms with E-state index in [0.717, 1.165) is 42.5 Å². The topological polar surface area (TPSA) is 53.4 Å². The Morgan fingerprint density at radius 1 is 0.900 bits per heavy atom. The number of hydrogen-bond donors (Lipinski definition) is 2. The quantitative estimate of drug-likeness (QED) is 0.388. The van der Waals surface area contributed by atoms with Crippen LogP contribution in [0.15, 0.2) is 48.7 Å². The summed E-state index contributed by atoms with van der Waals surface area (Å²) in [5.41, 5.74) is 4.45. The number of benzene rings is 2. The number of aromatic nitrogens is 1. The van der Waals surface area contributed by atoms with Crippen molar-refractivity contribution in [3.8, 4) is 11.3 Å². The molecule has 0 aliphatic heterocycles. The molecule has 2 aliphatic carbocycles. The van der Waals surface area contributed by atoms with Gasteiger partial charge in [0.2, 0.25) is 0 Å². The van der Waals surface area contributed by atoms with Gasteiger partial charge in [-0.2, -0.15) is 0 Å². The van der Waals surface area contributed by atoms with E-state index >= 15 is 0 Å². The first-order chi connectivity index (χ1) is 14.0. The zero-order valence-corrected chi connectivity index (χ0v) is 20.0. The number of fused-ring (bicyclic) bond motifs is 2. The average molecular weight is 581 g/mol. The van der Waals surface area contributed by atoms with Crippen molar-refractivity contribution in [3.05, 3.63) is 65.9 Å². The minimum atomic E-state index is -0.216. The smallest absolute Gasteiger partial charge is 0.0595 e. The van der Waals surface area contributed by atoms with E-state index in [1.54, 1.807) is 0 Å². The molecule has 4 heteroatoms. The standard InChI is InChI=1S/C17H14N.C9H16O2.Ir/c1-12-7-13(2)9-16(8-12)17-10-14-5-3-4-6-15(14)11-18-17;10-7-3-1-2-6-4-5-8(11)9(6)7;/h3-8,10-11H,1-2H3;6-11H,1-5H2;/q-1;;. The first-order valence-electron chi connectivity index (χ1n) is 10.7. The molecule has 2 saturated carbocycles. The number of rotatable bonds is 1. The summed E-state index contributed by atoms with van der Waals surface area (Å²) in [5.74, 6) is 0.831. The first-order valence-corrected chi connectivity index (χ1v) is 10.7. The van der Waals surface area contributed by atoms with Crippen LogP contribution < -0.4 is 0 Å². The van der Waals surface area contributed by atoms with Gasteiger partial charge in [0.1, 0.15) is 0 Å². The number of nitrogens with zero attached hydrogens (tertiary/aromatic N) is 1. The molecular weight excluding hydrogens is 551 g/mol. The van der Waals surface area contributed by atoms with Crippen LogP contribution >= 0.6 is 0 Å². The number of aliphatic hydroxyl groups excluding tert-OH is 2. The van der Waals surface area contributed by atoms with Gasteiger partial charge in [-0.3, -0.25) is 0 Å². The number of pyridine rings is 1. The second-order valence-electron chi connectivity index (χ2n) is 8.65. The van der Waals surface area contributed by atoms with Crippen molar-refractivity contribution in [2.45, 2.75) is 58.2 Å². The van der Waals surface area contributed by atoms with E-state index < -0.39 is 0 Å². The number of aliphatic hydroxyl groups is 2. The molecule has 5 rings (SSSR count). The van der Waals surface area contributed by atoms with Crippen LogP contribution in [0.3, 0.4) is 0 Å². The number of hydrogen-bond acceptors (Lipinski definition) is 3. The van der Waals surface area contributed by atoms with E-state index in [2.05, 4.69) is 61.3 Å². The summed E-state index contributed by atoms with van der Waals surface area (Å²) in [6.45, 7) is 4.17. The number of aryl methyl sites for hydroxylation is 2. The van der Waals surface area contributed by atoms with Gasteiger partial charge in [0.25, 0.3) is 0 Å². The molecule has 2 aliphatic rings. The first kappa shape index (κ1) is 23.1. The Kier molecular flexibility index (Phi) is 7.81. The molecule has 0 amide bonds. The van der Waals surface area contributed by atoms with Crippen molar-refractivity contribution in [1.82, 2.24) is 4.98 Å². The molecule has 161 valence electrons. The van der Waals surface area contributed by atoms with Crippen LogP contribution in [0.4, 0.5) is 0 Å². The largest absolute Gasteiger partial charge is 0.393 e. The molecule has 0 bridgehead atoms. The molecule has 4 unspecified atom stereocenters. The fraction of sp³-hybridized carbons (Fsp3) is 0.423. The van der Waals surface area contributed by atoms with Crippen molar-refractivity contribution >= 4 is 10.8 Å². The molecule has 2 aromatic carbocycles. The van der Waals surface area contributed by atoms with E-state index in [9.17, 15) is 10.2 Å². The Balaban J connectivity index is 0.000000184. The van der Waals surface area contributed by atoms with Gasteiger partial charge in [0, 0.05) is 32.2 Å². The second kappa shape index (κ2) is 10.2. The monoisotopic (exact) mass is 581 g/mol. The normalized spacial score (nSPS) is 25.1. The molecular formula is C26H30IrNO2-.